The van der Waals surface area contributed by atoms with Crippen LogP contribution in [0, 0.1) is 0 Å². The van der Waals surface area contributed by atoms with E-state index in [2.05, 4.69) is 9.97 Å². The van der Waals surface area contributed by atoms with Gasteiger partial charge in [0, 0.05) is 0 Å². The summed E-state index contributed by atoms with van der Waals surface area (Å²) in [5, 5.41) is 0.406. The molecule has 0 spiro atoms. The SMILES string of the molecule is O=C(Oc1ccccc1)c1ccc2[nH]c([S])nc2c1. The molecular weight excluding hydrogens is 260 g/mol. The summed E-state index contributed by atoms with van der Waals surface area (Å²) in [7, 11) is 0. The van der Waals surface area contributed by atoms with Crippen LogP contribution in [0.25, 0.3) is 11.0 Å². The average Bonchev–Trinajstić information content (AvgIpc) is 2.78. The summed E-state index contributed by atoms with van der Waals surface area (Å²) in [6, 6.07) is 14.0. The fraction of sp³-hybridized carbons (Fsp3) is 0. The Labute approximate surface area is 114 Å². The average molecular weight is 269 g/mol. The van der Waals surface area contributed by atoms with Crippen LogP contribution in [0.5, 0.6) is 5.75 Å². The standard InChI is InChI=1S/C14H9N2O2S/c17-13(18-10-4-2-1-3-5-10)9-6-7-11-12(8-9)16-14(19)15-11/h1-8H,(H,15,16). The summed E-state index contributed by atoms with van der Waals surface area (Å²) in [4.78, 5) is 19.0. The smallest absolute Gasteiger partial charge is 0.343 e. The molecule has 0 bridgehead atoms. The van der Waals surface area contributed by atoms with Crippen LogP contribution in [0.2, 0.25) is 0 Å². The van der Waals surface area contributed by atoms with Gasteiger partial charge < -0.3 is 9.72 Å². The van der Waals surface area contributed by atoms with Gasteiger partial charge in [-0.15, -0.1) is 0 Å². The molecule has 0 aliphatic carbocycles. The molecule has 1 radical (unpaired) electrons. The van der Waals surface area contributed by atoms with E-state index >= 15 is 0 Å². The zero-order chi connectivity index (χ0) is 13.2. The number of hydrogen-bond acceptors (Lipinski definition) is 3. The number of benzene rings is 2. The predicted octanol–water partition coefficient (Wildman–Crippen LogP) is 3.34. The second kappa shape index (κ2) is 4.70. The molecule has 93 valence electrons. The van der Waals surface area contributed by atoms with E-state index < -0.39 is 5.97 Å². The zero-order valence-electron chi connectivity index (χ0n) is 9.79. The maximum Gasteiger partial charge on any atom is 0.343 e. The van der Waals surface area contributed by atoms with Crippen LogP contribution in [0.4, 0.5) is 0 Å². The van der Waals surface area contributed by atoms with Gasteiger partial charge >= 0.3 is 5.97 Å². The highest BCUT2D eigenvalue weighted by Gasteiger charge is 2.10. The van der Waals surface area contributed by atoms with Crippen molar-refractivity contribution in [2.45, 2.75) is 5.16 Å². The summed E-state index contributed by atoms with van der Waals surface area (Å²) in [5.74, 6) is 0.0978. The van der Waals surface area contributed by atoms with Gasteiger partial charge in [-0.25, -0.2) is 9.78 Å². The van der Waals surface area contributed by atoms with Gasteiger partial charge in [0.15, 0.2) is 5.16 Å². The third-order valence-electron chi connectivity index (χ3n) is 2.65. The van der Waals surface area contributed by atoms with Crippen molar-refractivity contribution in [3.05, 3.63) is 54.1 Å². The quantitative estimate of drug-likeness (QED) is 0.573. The lowest BCUT2D eigenvalue weighted by Crippen LogP contribution is -2.08. The number of esters is 1. The first-order valence-electron chi connectivity index (χ1n) is 5.66. The highest BCUT2D eigenvalue weighted by molar-refractivity contribution is 7.80. The van der Waals surface area contributed by atoms with E-state index in [0.717, 1.165) is 5.52 Å². The predicted molar refractivity (Wildman–Crippen MR) is 73.4 cm³/mol. The van der Waals surface area contributed by atoms with Crippen LogP contribution >= 0.6 is 12.6 Å². The van der Waals surface area contributed by atoms with E-state index in [9.17, 15) is 4.79 Å². The monoisotopic (exact) mass is 269 g/mol. The lowest BCUT2D eigenvalue weighted by Gasteiger charge is -2.03. The highest BCUT2D eigenvalue weighted by Crippen LogP contribution is 2.17. The number of carbonyl (C=O) groups is 1. The van der Waals surface area contributed by atoms with Crippen LogP contribution in [0.15, 0.2) is 53.7 Å². The Morgan fingerprint density at radius 2 is 1.95 bits per heavy atom. The van der Waals surface area contributed by atoms with Crippen molar-refractivity contribution < 1.29 is 9.53 Å². The number of imidazole rings is 1. The third-order valence-corrected chi connectivity index (χ3v) is 2.84. The van der Waals surface area contributed by atoms with E-state index in [0.29, 0.717) is 22.0 Å². The van der Waals surface area contributed by atoms with Crippen molar-refractivity contribution in [2.75, 3.05) is 0 Å². The van der Waals surface area contributed by atoms with E-state index in [1.807, 2.05) is 18.2 Å². The number of rotatable bonds is 2. The topological polar surface area (TPSA) is 55.0 Å². The minimum absolute atomic E-state index is 0.406. The molecule has 0 saturated heterocycles. The fourth-order valence-electron chi connectivity index (χ4n) is 1.76. The largest absolute Gasteiger partial charge is 0.423 e. The van der Waals surface area contributed by atoms with Gasteiger partial charge in [0.2, 0.25) is 0 Å². The van der Waals surface area contributed by atoms with Crippen molar-refractivity contribution in [2.24, 2.45) is 0 Å². The van der Waals surface area contributed by atoms with Crippen LogP contribution in [-0.2, 0) is 0 Å². The molecule has 0 aliphatic rings. The molecule has 5 heteroatoms. The third kappa shape index (κ3) is 2.41. The van der Waals surface area contributed by atoms with Gasteiger partial charge in [0.1, 0.15) is 5.75 Å². The van der Waals surface area contributed by atoms with E-state index in [1.54, 1.807) is 30.3 Å². The van der Waals surface area contributed by atoms with Crippen molar-refractivity contribution >= 4 is 29.6 Å². The first-order chi connectivity index (χ1) is 9.22. The molecular formula is C14H9N2O2S. The summed E-state index contributed by atoms with van der Waals surface area (Å²) in [5.41, 5.74) is 1.91. The molecule has 0 fully saturated rings. The molecule has 1 heterocycles. The van der Waals surface area contributed by atoms with Crippen molar-refractivity contribution in [3.63, 3.8) is 0 Å². The number of aromatic amines is 1. The minimum Gasteiger partial charge on any atom is -0.423 e. The minimum atomic E-state index is -0.415. The summed E-state index contributed by atoms with van der Waals surface area (Å²) < 4.78 is 5.25. The molecule has 0 aliphatic heterocycles. The van der Waals surface area contributed by atoms with Gasteiger partial charge in [0.05, 0.1) is 16.6 Å². The number of hydrogen-bond donors (Lipinski definition) is 1. The maximum atomic E-state index is 12.0. The molecule has 0 saturated carbocycles. The Morgan fingerprint density at radius 1 is 1.16 bits per heavy atom. The second-order valence-electron chi connectivity index (χ2n) is 3.98. The molecule has 0 amide bonds. The molecule has 1 aromatic heterocycles. The Hall–Kier alpha value is -2.40. The lowest BCUT2D eigenvalue weighted by molar-refractivity contribution is 0.0735. The van der Waals surface area contributed by atoms with Gasteiger partial charge in [-0.3, -0.25) is 0 Å². The lowest BCUT2D eigenvalue weighted by atomic mass is 10.2. The summed E-state index contributed by atoms with van der Waals surface area (Å²) >= 11 is 4.94. The molecule has 19 heavy (non-hydrogen) atoms. The molecule has 0 unspecified atom stereocenters. The number of fused-ring (bicyclic) bond motifs is 1. The van der Waals surface area contributed by atoms with Crippen LogP contribution in [0.1, 0.15) is 10.4 Å². The van der Waals surface area contributed by atoms with E-state index in [-0.39, 0.29) is 0 Å². The number of nitrogens with one attached hydrogen (secondary N) is 1. The van der Waals surface area contributed by atoms with E-state index in [1.165, 1.54) is 0 Å². The van der Waals surface area contributed by atoms with Crippen LogP contribution in [-0.4, -0.2) is 15.9 Å². The molecule has 3 rings (SSSR count). The summed E-state index contributed by atoms with van der Waals surface area (Å²) in [6.45, 7) is 0. The first kappa shape index (κ1) is 11.7. The number of para-hydroxylation sites is 1. The zero-order valence-corrected chi connectivity index (χ0v) is 10.6. The molecule has 1 N–H and O–H groups in total. The Morgan fingerprint density at radius 3 is 2.74 bits per heavy atom. The Bertz CT molecular complexity index is 738. The first-order valence-corrected chi connectivity index (χ1v) is 6.07. The van der Waals surface area contributed by atoms with Crippen molar-refractivity contribution in [1.29, 1.82) is 0 Å². The second-order valence-corrected chi connectivity index (χ2v) is 4.36. The number of nitrogens with zero attached hydrogens (tertiary/aromatic N) is 1. The number of carbonyl (C=O) groups excluding carboxylic acids is 1. The van der Waals surface area contributed by atoms with Crippen molar-refractivity contribution in [1.82, 2.24) is 9.97 Å². The Kier molecular flexibility index (Phi) is 2.89. The molecule has 0 atom stereocenters. The van der Waals surface area contributed by atoms with Crippen molar-refractivity contribution in [3.8, 4) is 5.75 Å². The fourth-order valence-corrected chi connectivity index (χ4v) is 1.97. The normalized spacial score (nSPS) is 10.5. The van der Waals surface area contributed by atoms with Gasteiger partial charge in [-0.1, -0.05) is 18.2 Å². The molecule has 3 aromatic rings. The number of H-pyrrole nitrogens is 1. The molecule has 2 aromatic carbocycles. The van der Waals surface area contributed by atoms with E-state index in [4.69, 9.17) is 17.4 Å². The van der Waals surface area contributed by atoms with Gasteiger partial charge in [-0.05, 0) is 43.0 Å². The van der Waals surface area contributed by atoms with Gasteiger partial charge in [-0.2, -0.15) is 0 Å². The maximum absolute atomic E-state index is 12.0. The Balaban J connectivity index is 1.89. The summed E-state index contributed by atoms with van der Waals surface area (Å²) in [6.07, 6.45) is 0. The number of aromatic nitrogens is 2. The van der Waals surface area contributed by atoms with Crippen LogP contribution < -0.4 is 4.74 Å². The number of ether oxygens (including phenoxy) is 1. The molecule has 4 nitrogen and oxygen atoms in total. The highest BCUT2D eigenvalue weighted by atomic mass is 32.1. The van der Waals surface area contributed by atoms with Crippen LogP contribution in [0.3, 0.4) is 0 Å². The van der Waals surface area contributed by atoms with Gasteiger partial charge in [0.25, 0.3) is 0 Å².